The molecule has 8 heavy (non-hydrogen) atoms. The lowest BCUT2D eigenvalue weighted by Crippen LogP contribution is -1.79. The Morgan fingerprint density at radius 1 is 1.25 bits per heavy atom. The van der Waals surface area contributed by atoms with Gasteiger partial charge in [-0.2, -0.15) is 0 Å². The van der Waals surface area contributed by atoms with E-state index in [1.54, 1.807) is 6.08 Å². The lowest BCUT2D eigenvalue weighted by atomic mass is 10.2. The molecule has 0 radical (unpaired) electrons. The smallest absolute Gasteiger partial charge is 0.0751 e. The fourth-order valence-corrected chi connectivity index (χ4v) is 0.449. The topological polar surface area (TPSA) is 40.5 Å². The minimum Gasteiger partial charge on any atom is -0.516 e. The van der Waals surface area contributed by atoms with Crippen LogP contribution in [0.15, 0.2) is 12.3 Å². The maximum Gasteiger partial charge on any atom is 0.0751 e. The molecule has 0 aliphatic rings. The second-order valence-corrected chi connectivity index (χ2v) is 1.60. The molecule has 0 spiro atoms. The van der Waals surface area contributed by atoms with Crippen molar-refractivity contribution >= 4 is 0 Å². The van der Waals surface area contributed by atoms with Crippen LogP contribution in [0, 0.1) is 0 Å². The van der Waals surface area contributed by atoms with Gasteiger partial charge in [-0.25, -0.2) is 0 Å². The summed E-state index contributed by atoms with van der Waals surface area (Å²) in [5, 5.41) is 16.4. The van der Waals surface area contributed by atoms with E-state index in [2.05, 4.69) is 0 Å². The SMILES string of the molecule is O/C=C/CCCCO. The summed E-state index contributed by atoms with van der Waals surface area (Å²) < 4.78 is 0. The van der Waals surface area contributed by atoms with Gasteiger partial charge in [-0.1, -0.05) is 6.08 Å². The molecular weight excluding hydrogens is 104 g/mol. The quantitative estimate of drug-likeness (QED) is 0.428. The van der Waals surface area contributed by atoms with Crippen LogP contribution in [-0.2, 0) is 0 Å². The Labute approximate surface area is 49.5 Å². The molecule has 0 aliphatic carbocycles. The molecule has 0 heterocycles. The average molecular weight is 116 g/mol. The van der Waals surface area contributed by atoms with E-state index in [4.69, 9.17) is 10.2 Å². The average Bonchev–Trinajstić information content (AvgIpc) is 1.81. The van der Waals surface area contributed by atoms with Gasteiger partial charge in [0.25, 0.3) is 0 Å². The van der Waals surface area contributed by atoms with Gasteiger partial charge in [-0.3, -0.25) is 0 Å². The van der Waals surface area contributed by atoms with Crippen LogP contribution >= 0.6 is 0 Å². The van der Waals surface area contributed by atoms with Crippen molar-refractivity contribution in [3.63, 3.8) is 0 Å². The molecule has 0 aromatic carbocycles. The van der Waals surface area contributed by atoms with E-state index in [9.17, 15) is 0 Å². The molecule has 0 bridgehead atoms. The molecule has 0 aliphatic heterocycles. The predicted octanol–water partition coefficient (Wildman–Crippen LogP) is 1.22. The van der Waals surface area contributed by atoms with E-state index in [-0.39, 0.29) is 6.61 Å². The van der Waals surface area contributed by atoms with Gasteiger partial charge < -0.3 is 10.2 Å². The molecule has 0 aromatic rings. The van der Waals surface area contributed by atoms with Crippen LogP contribution in [0.2, 0.25) is 0 Å². The number of hydrogen-bond acceptors (Lipinski definition) is 2. The van der Waals surface area contributed by atoms with Gasteiger partial charge in [0, 0.05) is 6.61 Å². The summed E-state index contributed by atoms with van der Waals surface area (Å²) in [6, 6.07) is 0. The van der Waals surface area contributed by atoms with E-state index >= 15 is 0 Å². The third kappa shape index (κ3) is 5.50. The van der Waals surface area contributed by atoms with E-state index in [1.807, 2.05) is 0 Å². The maximum absolute atomic E-state index is 8.28. The molecule has 0 amide bonds. The largest absolute Gasteiger partial charge is 0.516 e. The fraction of sp³-hybridized carbons (Fsp3) is 0.667. The maximum atomic E-state index is 8.28. The Hall–Kier alpha value is -0.500. The van der Waals surface area contributed by atoms with E-state index in [0.29, 0.717) is 0 Å². The summed E-state index contributed by atoms with van der Waals surface area (Å²) in [6.07, 6.45) is 5.35. The first-order valence-corrected chi connectivity index (χ1v) is 2.82. The Morgan fingerprint density at radius 2 is 2.00 bits per heavy atom. The highest BCUT2D eigenvalue weighted by Crippen LogP contribution is 1.93. The second kappa shape index (κ2) is 6.50. The number of hydrogen-bond donors (Lipinski definition) is 2. The zero-order chi connectivity index (χ0) is 6.24. The zero-order valence-corrected chi connectivity index (χ0v) is 4.88. The monoisotopic (exact) mass is 116 g/mol. The molecule has 2 heteroatoms. The minimum atomic E-state index is 0.249. The predicted molar refractivity (Wildman–Crippen MR) is 32.7 cm³/mol. The summed E-state index contributed by atoms with van der Waals surface area (Å²) in [7, 11) is 0. The summed E-state index contributed by atoms with van der Waals surface area (Å²) >= 11 is 0. The number of unbranched alkanes of at least 4 members (excludes halogenated alkanes) is 2. The van der Waals surface area contributed by atoms with E-state index in [0.717, 1.165) is 25.5 Å². The van der Waals surface area contributed by atoms with Crippen molar-refractivity contribution in [2.75, 3.05) is 6.61 Å². The third-order valence-electron chi connectivity index (χ3n) is 0.884. The Morgan fingerprint density at radius 3 is 2.50 bits per heavy atom. The van der Waals surface area contributed by atoms with Crippen LogP contribution in [-0.4, -0.2) is 16.8 Å². The molecule has 48 valence electrons. The van der Waals surface area contributed by atoms with E-state index in [1.165, 1.54) is 0 Å². The van der Waals surface area contributed by atoms with Gasteiger partial charge in [0.2, 0.25) is 0 Å². The van der Waals surface area contributed by atoms with Crippen LogP contribution in [0.5, 0.6) is 0 Å². The van der Waals surface area contributed by atoms with Gasteiger partial charge in [0.1, 0.15) is 0 Å². The first kappa shape index (κ1) is 7.50. The molecule has 0 unspecified atom stereocenters. The molecule has 0 aromatic heterocycles. The van der Waals surface area contributed by atoms with Crippen LogP contribution in [0.3, 0.4) is 0 Å². The van der Waals surface area contributed by atoms with Crippen molar-refractivity contribution in [3.8, 4) is 0 Å². The summed E-state index contributed by atoms with van der Waals surface area (Å²) in [4.78, 5) is 0. The Balaban J connectivity index is 2.72. The van der Waals surface area contributed by atoms with Crippen molar-refractivity contribution < 1.29 is 10.2 Å². The number of aliphatic hydroxyl groups excluding tert-OH is 2. The van der Waals surface area contributed by atoms with Gasteiger partial charge >= 0.3 is 0 Å². The molecule has 0 saturated carbocycles. The molecule has 0 rings (SSSR count). The van der Waals surface area contributed by atoms with Gasteiger partial charge in [0.05, 0.1) is 6.26 Å². The summed E-state index contributed by atoms with van der Waals surface area (Å²) in [5.41, 5.74) is 0. The highest BCUT2D eigenvalue weighted by Gasteiger charge is 1.79. The number of aliphatic hydroxyl groups is 2. The molecular formula is C6H12O2. The Kier molecular flexibility index (Phi) is 6.09. The standard InChI is InChI=1S/C6H12O2/c7-5-3-1-2-4-6-8/h3,5,7-8H,1-2,4,6H2/b5-3+. The number of allylic oxidation sites excluding steroid dienone is 1. The third-order valence-corrected chi connectivity index (χ3v) is 0.884. The van der Waals surface area contributed by atoms with Crippen LogP contribution in [0.1, 0.15) is 19.3 Å². The minimum absolute atomic E-state index is 0.249. The van der Waals surface area contributed by atoms with Gasteiger partial charge in [-0.05, 0) is 19.3 Å². The van der Waals surface area contributed by atoms with Gasteiger partial charge in [0.15, 0.2) is 0 Å². The van der Waals surface area contributed by atoms with E-state index < -0.39 is 0 Å². The highest BCUT2D eigenvalue weighted by molar-refractivity contribution is 4.70. The molecule has 2 nitrogen and oxygen atoms in total. The van der Waals surface area contributed by atoms with Crippen molar-refractivity contribution in [1.82, 2.24) is 0 Å². The summed E-state index contributed by atoms with van der Waals surface area (Å²) in [5.74, 6) is 0. The lowest BCUT2D eigenvalue weighted by Gasteiger charge is -1.88. The van der Waals surface area contributed by atoms with Crippen molar-refractivity contribution in [2.24, 2.45) is 0 Å². The zero-order valence-electron chi connectivity index (χ0n) is 4.88. The molecule has 2 N–H and O–H groups in total. The lowest BCUT2D eigenvalue weighted by molar-refractivity contribution is 0.285. The fourth-order valence-electron chi connectivity index (χ4n) is 0.449. The van der Waals surface area contributed by atoms with Crippen molar-refractivity contribution in [3.05, 3.63) is 12.3 Å². The first-order valence-electron chi connectivity index (χ1n) is 2.82. The van der Waals surface area contributed by atoms with Crippen molar-refractivity contribution in [1.29, 1.82) is 0 Å². The van der Waals surface area contributed by atoms with Gasteiger partial charge in [-0.15, -0.1) is 0 Å². The molecule has 0 saturated heterocycles. The molecule has 0 atom stereocenters. The highest BCUT2D eigenvalue weighted by atomic mass is 16.3. The molecule has 0 fully saturated rings. The van der Waals surface area contributed by atoms with Crippen molar-refractivity contribution in [2.45, 2.75) is 19.3 Å². The number of rotatable bonds is 4. The van der Waals surface area contributed by atoms with Crippen LogP contribution < -0.4 is 0 Å². The van der Waals surface area contributed by atoms with Crippen LogP contribution in [0.25, 0.3) is 0 Å². The summed E-state index contributed by atoms with van der Waals surface area (Å²) in [6.45, 7) is 0.249. The second-order valence-electron chi connectivity index (χ2n) is 1.60. The normalized spacial score (nSPS) is 10.6. The Bertz CT molecular complexity index is 59.5. The first-order chi connectivity index (χ1) is 3.91. The van der Waals surface area contributed by atoms with Crippen LogP contribution in [0.4, 0.5) is 0 Å².